The Hall–Kier alpha value is -0.0800. The fraction of sp³-hybridized carbons (Fsp3) is 1.00. The molecule has 0 bridgehead atoms. The Balaban J connectivity index is 2.00. The van der Waals surface area contributed by atoms with Crippen molar-refractivity contribution in [3.8, 4) is 0 Å². The Morgan fingerprint density at radius 2 is 1.86 bits per heavy atom. The van der Waals surface area contributed by atoms with E-state index < -0.39 is 5.60 Å². The van der Waals surface area contributed by atoms with Crippen molar-refractivity contribution < 1.29 is 10.2 Å². The zero-order valence-corrected chi connectivity index (χ0v) is 14.7. The van der Waals surface area contributed by atoms with Gasteiger partial charge < -0.3 is 10.2 Å². The van der Waals surface area contributed by atoms with Crippen molar-refractivity contribution in [2.45, 2.75) is 91.3 Å². The summed E-state index contributed by atoms with van der Waals surface area (Å²) >= 11 is 0. The number of aliphatic hydroxyl groups excluding tert-OH is 1. The van der Waals surface area contributed by atoms with Crippen LogP contribution in [0.5, 0.6) is 0 Å². The van der Waals surface area contributed by atoms with Gasteiger partial charge in [-0.25, -0.2) is 0 Å². The first-order chi connectivity index (χ1) is 9.65. The summed E-state index contributed by atoms with van der Waals surface area (Å²) in [7, 11) is 0. The Kier molecular flexibility index (Phi) is 5.10. The van der Waals surface area contributed by atoms with Gasteiger partial charge in [0.2, 0.25) is 0 Å². The summed E-state index contributed by atoms with van der Waals surface area (Å²) in [5.74, 6) is 2.61. The molecular formula is C19H36O2. The first kappa shape index (κ1) is 17.3. The van der Waals surface area contributed by atoms with E-state index in [-0.39, 0.29) is 6.10 Å². The van der Waals surface area contributed by atoms with Gasteiger partial charge in [0.1, 0.15) is 0 Å². The standard InChI is InChI=1S/C19H36O2/c1-13(10-12-18(3,4)21)14(2)15-8-9-16-17(20)7-6-11-19(15,16)5/h13-17,20-21H,6-12H2,1-5H3. The monoisotopic (exact) mass is 296 g/mol. The summed E-state index contributed by atoms with van der Waals surface area (Å²) in [5, 5.41) is 20.3. The minimum Gasteiger partial charge on any atom is -0.393 e. The predicted octanol–water partition coefficient (Wildman–Crippen LogP) is 4.39. The molecule has 0 aliphatic heterocycles. The normalized spacial score (nSPS) is 39.9. The molecule has 2 rings (SSSR count). The lowest BCUT2D eigenvalue weighted by Gasteiger charge is -2.46. The SMILES string of the molecule is CC(CCC(C)(C)O)C(C)C1CCC2C(O)CCCC21C. The van der Waals surface area contributed by atoms with Crippen LogP contribution in [0.15, 0.2) is 0 Å². The van der Waals surface area contributed by atoms with Crippen LogP contribution < -0.4 is 0 Å². The molecule has 6 unspecified atom stereocenters. The minimum atomic E-state index is -0.545. The molecule has 2 fully saturated rings. The second-order valence-corrected chi connectivity index (χ2v) is 8.94. The highest BCUT2D eigenvalue weighted by Gasteiger charge is 2.52. The van der Waals surface area contributed by atoms with E-state index in [9.17, 15) is 10.2 Å². The van der Waals surface area contributed by atoms with Crippen LogP contribution in [0.2, 0.25) is 0 Å². The van der Waals surface area contributed by atoms with Crippen LogP contribution in [0.4, 0.5) is 0 Å². The molecule has 21 heavy (non-hydrogen) atoms. The van der Waals surface area contributed by atoms with Crippen molar-refractivity contribution in [2.75, 3.05) is 0 Å². The van der Waals surface area contributed by atoms with Crippen molar-refractivity contribution in [2.24, 2.45) is 29.1 Å². The van der Waals surface area contributed by atoms with Gasteiger partial charge >= 0.3 is 0 Å². The zero-order chi connectivity index (χ0) is 15.8. The fourth-order valence-electron chi connectivity index (χ4n) is 5.29. The number of hydrogen-bond acceptors (Lipinski definition) is 2. The molecule has 0 spiro atoms. The lowest BCUT2D eigenvalue weighted by Crippen LogP contribution is -2.42. The van der Waals surface area contributed by atoms with Crippen molar-refractivity contribution in [1.82, 2.24) is 0 Å². The Bertz CT molecular complexity index is 346. The molecule has 2 heteroatoms. The van der Waals surface area contributed by atoms with Gasteiger partial charge in [0.05, 0.1) is 11.7 Å². The third-order valence-electron chi connectivity index (χ3n) is 6.91. The van der Waals surface area contributed by atoms with Crippen molar-refractivity contribution in [3.63, 3.8) is 0 Å². The molecule has 0 aromatic heterocycles. The lowest BCUT2D eigenvalue weighted by molar-refractivity contribution is -0.0337. The van der Waals surface area contributed by atoms with Crippen LogP contribution >= 0.6 is 0 Å². The zero-order valence-electron chi connectivity index (χ0n) is 14.7. The maximum Gasteiger partial charge on any atom is 0.0591 e. The van der Waals surface area contributed by atoms with Crippen LogP contribution in [0.3, 0.4) is 0 Å². The van der Waals surface area contributed by atoms with Crippen LogP contribution in [0, 0.1) is 29.1 Å². The maximum atomic E-state index is 10.4. The first-order valence-electron chi connectivity index (χ1n) is 9.05. The molecule has 6 atom stereocenters. The molecule has 2 nitrogen and oxygen atoms in total. The van der Waals surface area contributed by atoms with E-state index in [1.54, 1.807) is 0 Å². The highest BCUT2D eigenvalue weighted by atomic mass is 16.3. The van der Waals surface area contributed by atoms with Gasteiger partial charge in [-0.3, -0.25) is 0 Å². The molecule has 0 radical (unpaired) electrons. The molecule has 2 N–H and O–H groups in total. The highest BCUT2D eigenvalue weighted by Crippen LogP contribution is 2.58. The summed E-state index contributed by atoms with van der Waals surface area (Å²) in [5.41, 5.74) is -0.197. The fourth-order valence-corrected chi connectivity index (χ4v) is 5.29. The van der Waals surface area contributed by atoms with Gasteiger partial charge in [0.25, 0.3) is 0 Å². The molecular weight excluding hydrogens is 260 g/mol. The van der Waals surface area contributed by atoms with Gasteiger partial charge in [0, 0.05) is 0 Å². The van der Waals surface area contributed by atoms with E-state index in [0.717, 1.165) is 25.2 Å². The average Bonchev–Trinajstić information content (AvgIpc) is 2.73. The largest absolute Gasteiger partial charge is 0.393 e. The predicted molar refractivity (Wildman–Crippen MR) is 88.0 cm³/mol. The van der Waals surface area contributed by atoms with Crippen molar-refractivity contribution in [3.05, 3.63) is 0 Å². The van der Waals surface area contributed by atoms with Gasteiger partial charge in [-0.05, 0) is 81.5 Å². The van der Waals surface area contributed by atoms with E-state index in [1.165, 1.54) is 25.7 Å². The van der Waals surface area contributed by atoms with Crippen LogP contribution in [-0.2, 0) is 0 Å². The Morgan fingerprint density at radius 3 is 2.48 bits per heavy atom. The lowest BCUT2D eigenvalue weighted by atomic mass is 9.60. The third kappa shape index (κ3) is 3.64. The van der Waals surface area contributed by atoms with Crippen LogP contribution in [0.25, 0.3) is 0 Å². The molecule has 0 aromatic rings. The molecule has 2 aliphatic carbocycles. The summed E-state index contributed by atoms with van der Waals surface area (Å²) in [6.45, 7) is 11.0. The second kappa shape index (κ2) is 6.20. The van der Waals surface area contributed by atoms with Crippen LogP contribution in [-0.4, -0.2) is 21.9 Å². The molecule has 124 valence electrons. The minimum absolute atomic E-state index is 0.0624. The summed E-state index contributed by atoms with van der Waals surface area (Å²) in [6, 6.07) is 0. The number of aliphatic hydroxyl groups is 2. The number of rotatable bonds is 5. The number of fused-ring (bicyclic) bond motifs is 1. The molecule has 2 saturated carbocycles. The van der Waals surface area contributed by atoms with Gasteiger partial charge in [-0.15, -0.1) is 0 Å². The average molecular weight is 296 g/mol. The van der Waals surface area contributed by atoms with Crippen molar-refractivity contribution >= 4 is 0 Å². The molecule has 0 heterocycles. The van der Waals surface area contributed by atoms with E-state index in [1.807, 2.05) is 13.8 Å². The van der Waals surface area contributed by atoms with E-state index in [2.05, 4.69) is 20.8 Å². The summed E-state index contributed by atoms with van der Waals surface area (Å²) in [4.78, 5) is 0. The van der Waals surface area contributed by atoms with E-state index >= 15 is 0 Å². The van der Waals surface area contributed by atoms with Crippen molar-refractivity contribution in [1.29, 1.82) is 0 Å². The second-order valence-electron chi connectivity index (χ2n) is 8.94. The summed E-state index contributed by atoms with van der Waals surface area (Å²) < 4.78 is 0. The van der Waals surface area contributed by atoms with Gasteiger partial charge in [-0.1, -0.05) is 27.2 Å². The molecule has 0 saturated heterocycles. The highest BCUT2D eigenvalue weighted by molar-refractivity contribution is 5.02. The van der Waals surface area contributed by atoms with Crippen LogP contribution in [0.1, 0.15) is 79.6 Å². The summed E-state index contributed by atoms with van der Waals surface area (Å²) in [6.07, 6.45) is 7.91. The molecule has 0 aromatic carbocycles. The Morgan fingerprint density at radius 1 is 1.19 bits per heavy atom. The topological polar surface area (TPSA) is 40.5 Å². The third-order valence-corrected chi connectivity index (χ3v) is 6.91. The molecule has 2 aliphatic rings. The van der Waals surface area contributed by atoms with Gasteiger partial charge in [0.15, 0.2) is 0 Å². The smallest absolute Gasteiger partial charge is 0.0591 e. The maximum absolute atomic E-state index is 10.4. The quantitative estimate of drug-likeness (QED) is 0.790. The number of hydrogen-bond donors (Lipinski definition) is 2. The van der Waals surface area contributed by atoms with E-state index in [4.69, 9.17) is 0 Å². The molecule has 0 amide bonds. The van der Waals surface area contributed by atoms with E-state index in [0.29, 0.717) is 23.2 Å². The van der Waals surface area contributed by atoms with Gasteiger partial charge in [-0.2, -0.15) is 0 Å². The Labute approximate surface area is 131 Å². The first-order valence-corrected chi connectivity index (χ1v) is 9.05.